The fourth-order valence-electron chi connectivity index (χ4n) is 0.886. The molecule has 82 valence electrons. The molecule has 15 heavy (non-hydrogen) atoms. The first kappa shape index (κ1) is 11.8. The summed E-state index contributed by atoms with van der Waals surface area (Å²) in [6, 6.07) is 5.21. The molecule has 1 aromatic carbocycles. The Morgan fingerprint density at radius 1 is 1.53 bits per heavy atom. The van der Waals surface area contributed by atoms with Crippen molar-refractivity contribution in [2.45, 2.75) is 0 Å². The van der Waals surface area contributed by atoms with Gasteiger partial charge in [0.2, 0.25) is 0 Å². The Labute approximate surface area is 97.1 Å². The SMILES string of the molecule is CN(C)C(=O)COc1ccc(Br)c(N)c1. The number of benzene rings is 1. The largest absolute Gasteiger partial charge is 0.484 e. The first-order valence-electron chi connectivity index (χ1n) is 4.38. The number of rotatable bonds is 3. The quantitative estimate of drug-likeness (QED) is 0.849. The smallest absolute Gasteiger partial charge is 0.259 e. The van der Waals surface area contributed by atoms with Crippen molar-refractivity contribution in [1.82, 2.24) is 4.90 Å². The minimum atomic E-state index is -0.0866. The maximum absolute atomic E-state index is 11.2. The van der Waals surface area contributed by atoms with Gasteiger partial charge in [0.25, 0.3) is 5.91 Å². The van der Waals surface area contributed by atoms with Gasteiger partial charge in [0, 0.05) is 30.3 Å². The first-order chi connectivity index (χ1) is 7.00. The average molecular weight is 273 g/mol. The minimum Gasteiger partial charge on any atom is -0.484 e. The summed E-state index contributed by atoms with van der Waals surface area (Å²) in [6.45, 7) is 0.0219. The van der Waals surface area contributed by atoms with Crippen molar-refractivity contribution in [3.63, 3.8) is 0 Å². The third-order valence-electron chi connectivity index (χ3n) is 1.83. The van der Waals surface area contributed by atoms with Gasteiger partial charge in [-0.05, 0) is 28.1 Å². The van der Waals surface area contributed by atoms with Crippen LogP contribution >= 0.6 is 15.9 Å². The number of halogens is 1. The number of carbonyl (C=O) groups excluding carboxylic acids is 1. The zero-order valence-electron chi connectivity index (χ0n) is 8.66. The van der Waals surface area contributed by atoms with E-state index >= 15 is 0 Å². The summed E-state index contributed by atoms with van der Waals surface area (Å²) < 4.78 is 6.09. The highest BCUT2D eigenvalue weighted by Gasteiger charge is 2.05. The van der Waals surface area contributed by atoms with Crippen LogP contribution in [0, 0.1) is 0 Å². The van der Waals surface area contributed by atoms with E-state index in [0.29, 0.717) is 11.4 Å². The molecule has 0 atom stereocenters. The minimum absolute atomic E-state index is 0.0219. The first-order valence-corrected chi connectivity index (χ1v) is 5.18. The van der Waals surface area contributed by atoms with Crippen molar-refractivity contribution >= 4 is 27.5 Å². The van der Waals surface area contributed by atoms with E-state index in [1.807, 2.05) is 0 Å². The number of ether oxygens (including phenoxy) is 1. The third kappa shape index (κ3) is 3.43. The number of nitrogens with zero attached hydrogens (tertiary/aromatic N) is 1. The van der Waals surface area contributed by atoms with E-state index in [0.717, 1.165) is 4.47 Å². The second-order valence-electron chi connectivity index (χ2n) is 3.26. The van der Waals surface area contributed by atoms with Crippen LogP contribution in [0.4, 0.5) is 5.69 Å². The lowest BCUT2D eigenvalue weighted by atomic mass is 10.3. The van der Waals surface area contributed by atoms with Crippen LogP contribution in [0.3, 0.4) is 0 Å². The summed E-state index contributed by atoms with van der Waals surface area (Å²) in [5.74, 6) is 0.502. The summed E-state index contributed by atoms with van der Waals surface area (Å²) in [6.07, 6.45) is 0. The second kappa shape index (κ2) is 5.02. The number of hydrogen-bond donors (Lipinski definition) is 1. The summed E-state index contributed by atoms with van der Waals surface area (Å²) >= 11 is 3.28. The summed E-state index contributed by atoms with van der Waals surface area (Å²) in [7, 11) is 3.36. The molecule has 0 aliphatic carbocycles. The predicted molar refractivity (Wildman–Crippen MR) is 62.7 cm³/mol. The van der Waals surface area contributed by atoms with Crippen LogP contribution in [0.5, 0.6) is 5.75 Å². The lowest BCUT2D eigenvalue weighted by Crippen LogP contribution is -2.27. The fraction of sp³-hybridized carbons (Fsp3) is 0.300. The van der Waals surface area contributed by atoms with Gasteiger partial charge >= 0.3 is 0 Å². The molecule has 0 spiro atoms. The molecule has 0 heterocycles. The summed E-state index contributed by atoms with van der Waals surface area (Å²) in [5, 5.41) is 0. The molecule has 0 fully saturated rings. The highest BCUT2D eigenvalue weighted by molar-refractivity contribution is 9.10. The lowest BCUT2D eigenvalue weighted by molar-refractivity contribution is -0.130. The standard InChI is InChI=1S/C10H13BrN2O2/c1-13(2)10(14)6-15-7-3-4-8(11)9(12)5-7/h3-5H,6,12H2,1-2H3. The Morgan fingerprint density at radius 3 is 2.73 bits per heavy atom. The van der Waals surface area contributed by atoms with Crippen molar-refractivity contribution in [3.8, 4) is 5.75 Å². The van der Waals surface area contributed by atoms with Gasteiger partial charge in [0.1, 0.15) is 5.75 Å². The monoisotopic (exact) mass is 272 g/mol. The topological polar surface area (TPSA) is 55.6 Å². The van der Waals surface area contributed by atoms with Crippen LogP contribution in [0.2, 0.25) is 0 Å². The molecule has 1 aromatic rings. The van der Waals surface area contributed by atoms with Crippen LogP contribution in [0.1, 0.15) is 0 Å². The normalized spacial score (nSPS) is 9.80. The Kier molecular flexibility index (Phi) is 3.96. The molecule has 1 amide bonds. The maximum atomic E-state index is 11.2. The van der Waals surface area contributed by atoms with E-state index in [1.165, 1.54) is 4.90 Å². The van der Waals surface area contributed by atoms with E-state index in [4.69, 9.17) is 10.5 Å². The van der Waals surface area contributed by atoms with Crippen molar-refractivity contribution in [2.24, 2.45) is 0 Å². The summed E-state index contributed by atoms with van der Waals surface area (Å²) in [4.78, 5) is 12.7. The molecule has 5 heteroatoms. The highest BCUT2D eigenvalue weighted by atomic mass is 79.9. The molecule has 0 saturated carbocycles. The van der Waals surface area contributed by atoms with Gasteiger partial charge in [0.05, 0.1) is 0 Å². The number of likely N-dealkylation sites (N-methyl/N-ethyl adjacent to an activating group) is 1. The molecule has 0 aliphatic heterocycles. The molecule has 1 rings (SSSR count). The van der Waals surface area contributed by atoms with Gasteiger partial charge < -0.3 is 15.4 Å². The van der Waals surface area contributed by atoms with Gasteiger partial charge in [-0.2, -0.15) is 0 Å². The van der Waals surface area contributed by atoms with Crippen molar-refractivity contribution < 1.29 is 9.53 Å². The Hall–Kier alpha value is -1.23. The van der Waals surface area contributed by atoms with E-state index in [2.05, 4.69) is 15.9 Å². The second-order valence-corrected chi connectivity index (χ2v) is 4.11. The Balaban J connectivity index is 2.58. The van der Waals surface area contributed by atoms with Crippen molar-refractivity contribution in [3.05, 3.63) is 22.7 Å². The number of amides is 1. The number of hydrogen-bond acceptors (Lipinski definition) is 3. The Morgan fingerprint density at radius 2 is 2.20 bits per heavy atom. The zero-order valence-corrected chi connectivity index (χ0v) is 10.2. The number of anilines is 1. The van der Waals surface area contributed by atoms with Gasteiger partial charge in [-0.15, -0.1) is 0 Å². The predicted octanol–water partition coefficient (Wildman–Crippen LogP) is 1.50. The molecule has 0 aliphatic rings. The van der Waals surface area contributed by atoms with Crippen LogP contribution in [0.15, 0.2) is 22.7 Å². The van der Waals surface area contributed by atoms with Crippen LogP contribution < -0.4 is 10.5 Å². The molecule has 0 radical (unpaired) electrons. The fourth-order valence-corrected chi connectivity index (χ4v) is 1.13. The van der Waals surface area contributed by atoms with Crippen LogP contribution in [-0.2, 0) is 4.79 Å². The molecular weight excluding hydrogens is 260 g/mol. The average Bonchev–Trinajstić information content (AvgIpc) is 2.19. The van der Waals surface area contributed by atoms with Gasteiger partial charge in [-0.25, -0.2) is 0 Å². The van der Waals surface area contributed by atoms with E-state index in [-0.39, 0.29) is 12.5 Å². The molecule has 2 N–H and O–H groups in total. The molecule has 0 aromatic heterocycles. The van der Waals surface area contributed by atoms with Gasteiger partial charge in [-0.3, -0.25) is 4.79 Å². The van der Waals surface area contributed by atoms with Gasteiger partial charge in [0.15, 0.2) is 6.61 Å². The van der Waals surface area contributed by atoms with Crippen molar-refractivity contribution in [2.75, 3.05) is 26.4 Å². The maximum Gasteiger partial charge on any atom is 0.259 e. The highest BCUT2D eigenvalue weighted by Crippen LogP contribution is 2.24. The molecule has 0 unspecified atom stereocenters. The van der Waals surface area contributed by atoms with E-state index in [9.17, 15) is 4.79 Å². The van der Waals surface area contributed by atoms with E-state index in [1.54, 1.807) is 32.3 Å². The zero-order chi connectivity index (χ0) is 11.4. The molecule has 0 bridgehead atoms. The molecular formula is C10H13BrN2O2. The number of nitrogens with two attached hydrogens (primary N) is 1. The number of nitrogen functional groups attached to an aromatic ring is 1. The molecule has 0 saturated heterocycles. The van der Waals surface area contributed by atoms with Crippen LogP contribution in [-0.4, -0.2) is 31.5 Å². The third-order valence-corrected chi connectivity index (χ3v) is 2.55. The lowest BCUT2D eigenvalue weighted by Gasteiger charge is -2.11. The number of carbonyl (C=O) groups is 1. The van der Waals surface area contributed by atoms with Crippen LogP contribution in [0.25, 0.3) is 0 Å². The van der Waals surface area contributed by atoms with Gasteiger partial charge in [-0.1, -0.05) is 0 Å². The van der Waals surface area contributed by atoms with Crippen molar-refractivity contribution in [1.29, 1.82) is 0 Å². The Bertz CT molecular complexity index is 366. The van der Waals surface area contributed by atoms with E-state index < -0.39 is 0 Å². The molecule has 4 nitrogen and oxygen atoms in total. The summed E-state index contributed by atoms with van der Waals surface area (Å²) in [5.41, 5.74) is 6.25.